The molecule has 1 heterocycles. The van der Waals surface area contributed by atoms with E-state index in [2.05, 4.69) is 24.0 Å². The van der Waals surface area contributed by atoms with Crippen molar-refractivity contribution in [2.45, 2.75) is 45.9 Å². The molecule has 0 saturated heterocycles. The number of nitrogens with zero attached hydrogens (tertiary/aromatic N) is 3. The average molecular weight is 438 g/mol. The maximum atomic E-state index is 10.6. The molecule has 3 aromatic rings. The topological polar surface area (TPSA) is 59.8 Å². The van der Waals surface area contributed by atoms with E-state index in [-0.39, 0.29) is 6.10 Å². The molecule has 0 amide bonds. The maximum Gasteiger partial charge on any atom is 0.222 e. The predicted octanol–water partition coefficient (Wildman–Crippen LogP) is 4.88. The number of aliphatic hydroxyl groups excluding tert-OH is 1. The van der Waals surface area contributed by atoms with Crippen LogP contribution in [0, 0.1) is 0 Å². The normalized spacial score (nSPS) is 12.5. The molecule has 0 aliphatic heterocycles. The van der Waals surface area contributed by atoms with E-state index < -0.39 is 6.10 Å². The van der Waals surface area contributed by atoms with Crippen molar-refractivity contribution in [1.29, 1.82) is 0 Å². The van der Waals surface area contributed by atoms with Crippen molar-refractivity contribution < 1.29 is 14.6 Å². The molecule has 0 aliphatic rings. The Bertz CT molecular complexity index is 942. The van der Waals surface area contributed by atoms with Crippen molar-refractivity contribution in [1.82, 2.24) is 14.7 Å². The molecule has 0 saturated carbocycles. The number of benzene rings is 2. The van der Waals surface area contributed by atoms with Gasteiger partial charge >= 0.3 is 0 Å². The van der Waals surface area contributed by atoms with Gasteiger partial charge in [-0.15, -0.1) is 0 Å². The van der Waals surface area contributed by atoms with E-state index in [1.807, 2.05) is 69.4 Å². The van der Waals surface area contributed by atoms with Gasteiger partial charge in [-0.2, -0.15) is 5.10 Å². The largest absolute Gasteiger partial charge is 0.439 e. The molecular weight excluding hydrogens is 402 g/mol. The van der Waals surface area contributed by atoms with Crippen LogP contribution in [-0.4, -0.2) is 51.7 Å². The highest BCUT2D eigenvalue weighted by Crippen LogP contribution is 2.34. The third-order valence-electron chi connectivity index (χ3n) is 5.11. The molecule has 0 bridgehead atoms. The maximum absolute atomic E-state index is 10.6. The smallest absolute Gasteiger partial charge is 0.222 e. The predicted molar refractivity (Wildman–Crippen MR) is 128 cm³/mol. The molecular formula is C26H35N3O3. The summed E-state index contributed by atoms with van der Waals surface area (Å²) in [6, 6.07) is 19.9. The van der Waals surface area contributed by atoms with E-state index >= 15 is 0 Å². The van der Waals surface area contributed by atoms with Gasteiger partial charge in [0.1, 0.15) is 11.4 Å². The average Bonchev–Trinajstić information content (AvgIpc) is 3.09. The molecule has 2 aromatic carbocycles. The minimum atomic E-state index is -0.556. The van der Waals surface area contributed by atoms with Gasteiger partial charge in [0.25, 0.3) is 0 Å². The monoisotopic (exact) mass is 437 g/mol. The number of hydrogen-bond donors (Lipinski definition) is 1. The van der Waals surface area contributed by atoms with Crippen LogP contribution in [0.3, 0.4) is 0 Å². The van der Waals surface area contributed by atoms with Crippen LogP contribution in [0.4, 0.5) is 0 Å². The first-order valence-electron chi connectivity index (χ1n) is 11.3. The van der Waals surface area contributed by atoms with Crippen molar-refractivity contribution in [2.24, 2.45) is 7.05 Å². The van der Waals surface area contributed by atoms with E-state index in [9.17, 15) is 5.11 Å². The zero-order valence-corrected chi connectivity index (χ0v) is 19.6. The summed E-state index contributed by atoms with van der Waals surface area (Å²) in [6.07, 6.45) is 0.519. The van der Waals surface area contributed by atoms with Crippen molar-refractivity contribution in [2.75, 3.05) is 19.7 Å². The van der Waals surface area contributed by atoms with Crippen molar-refractivity contribution in [3.8, 4) is 22.9 Å². The van der Waals surface area contributed by atoms with Gasteiger partial charge in [0.2, 0.25) is 5.88 Å². The van der Waals surface area contributed by atoms with E-state index in [1.165, 1.54) is 0 Å². The molecule has 1 N–H and O–H groups in total. The number of hydrogen-bond acceptors (Lipinski definition) is 5. The Balaban J connectivity index is 1.91. The lowest BCUT2D eigenvalue weighted by Crippen LogP contribution is -2.35. The van der Waals surface area contributed by atoms with Crippen molar-refractivity contribution in [3.63, 3.8) is 0 Å². The van der Waals surface area contributed by atoms with Crippen molar-refractivity contribution >= 4 is 0 Å². The molecule has 0 spiro atoms. The standard InChI is InChI=1S/C26H35N3O3/c1-5-16-29(17-22(30)19-31-20(2)3)18-24-25(21-12-8-6-9-13-21)27-28(4)26(24)32-23-14-10-7-11-15-23/h6-15,20,22,30H,5,16-19H2,1-4H3/t22-/m1/s1. The molecule has 6 nitrogen and oxygen atoms in total. The van der Waals surface area contributed by atoms with Crippen molar-refractivity contribution in [3.05, 3.63) is 66.2 Å². The van der Waals surface area contributed by atoms with Gasteiger partial charge < -0.3 is 14.6 Å². The Labute approximate surface area is 191 Å². The number of ether oxygens (including phenoxy) is 2. The van der Waals surface area contributed by atoms with Crippen LogP contribution in [-0.2, 0) is 18.3 Å². The molecule has 0 radical (unpaired) electrons. The SMILES string of the molecule is CCCN(Cc1c(-c2ccccc2)nn(C)c1Oc1ccccc1)C[C@@H](O)COC(C)C. The molecule has 32 heavy (non-hydrogen) atoms. The Kier molecular flexibility index (Phi) is 8.85. The Morgan fingerprint density at radius 2 is 1.69 bits per heavy atom. The van der Waals surface area contributed by atoms with Gasteiger partial charge in [-0.3, -0.25) is 4.90 Å². The molecule has 172 valence electrons. The first-order chi connectivity index (χ1) is 15.5. The fraction of sp³-hybridized carbons (Fsp3) is 0.423. The van der Waals surface area contributed by atoms with Crippen LogP contribution in [0.5, 0.6) is 11.6 Å². The highest BCUT2D eigenvalue weighted by Gasteiger charge is 2.23. The van der Waals surface area contributed by atoms with Crippen LogP contribution in [0.25, 0.3) is 11.3 Å². The van der Waals surface area contributed by atoms with Crippen LogP contribution in [0.2, 0.25) is 0 Å². The van der Waals surface area contributed by atoms with E-state index in [0.29, 0.717) is 25.6 Å². The summed E-state index contributed by atoms with van der Waals surface area (Å²) in [5, 5.41) is 15.4. The zero-order valence-electron chi connectivity index (χ0n) is 19.6. The second-order valence-electron chi connectivity index (χ2n) is 8.31. The fourth-order valence-electron chi connectivity index (χ4n) is 3.68. The second kappa shape index (κ2) is 11.8. The van der Waals surface area contributed by atoms with E-state index in [0.717, 1.165) is 35.5 Å². The molecule has 6 heteroatoms. The van der Waals surface area contributed by atoms with Gasteiger partial charge in [-0.1, -0.05) is 55.5 Å². The van der Waals surface area contributed by atoms with E-state index in [1.54, 1.807) is 4.68 Å². The summed E-state index contributed by atoms with van der Waals surface area (Å²) in [7, 11) is 1.91. The lowest BCUT2D eigenvalue weighted by atomic mass is 10.1. The molecule has 1 aromatic heterocycles. The third-order valence-corrected chi connectivity index (χ3v) is 5.11. The fourth-order valence-corrected chi connectivity index (χ4v) is 3.68. The quantitative estimate of drug-likeness (QED) is 0.438. The molecule has 1 atom stereocenters. The van der Waals surface area contributed by atoms with Crippen LogP contribution in [0.15, 0.2) is 60.7 Å². The lowest BCUT2D eigenvalue weighted by Gasteiger charge is -2.25. The molecule has 3 rings (SSSR count). The van der Waals surface area contributed by atoms with E-state index in [4.69, 9.17) is 14.6 Å². The van der Waals surface area contributed by atoms with Gasteiger partial charge in [0, 0.05) is 25.7 Å². The summed E-state index contributed by atoms with van der Waals surface area (Å²) in [6.45, 7) is 8.42. The third kappa shape index (κ3) is 6.66. The Hall–Kier alpha value is -2.67. The van der Waals surface area contributed by atoms with Crippen LogP contribution >= 0.6 is 0 Å². The highest BCUT2D eigenvalue weighted by molar-refractivity contribution is 5.65. The minimum Gasteiger partial charge on any atom is -0.439 e. The summed E-state index contributed by atoms with van der Waals surface area (Å²) in [5.41, 5.74) is 2.95. The molecule has 0 unspecified atom stereocenters. The number of aryl methyl sites for hydroxylation is 1. The number of aliphatic hydroxyl groups is 1. The Morgan fingerprint density at radius 3 is 2.31 bits per heavy atom. The van der Waals surface area contributed by atoms with Crippen LogP contribution < -0.4 is 4.74 Å². The summed E-state index contributed by atoms with van der Waals surface area (Å²) in [5.74, 6) is 1.48. The first-order valence-corrected chi connectivity index (χ1v) is 11.3. The first kappa shape index (κ1) is 24.0. The van der Waals surface area contributed by atoms with Gasteiger partial charge in [0.05, 0.1) is 24.4 Å². The van der Waals surface area contributed by atoms with Gasteiger partial charge in [-0.25, -0.2) is 4.68 Å². The molecule has 0 fully saturated rings. The minimum absolute atomic E-state index is 0.0955. The van der Waals surface area contributed by atoms with Gasteiger partial charge in [-0.05, 0) is 38.9 Å². The number of rotatable bonds is 12. The van der Waals surface area contributed by atoms with Gasteiger partial charge in [0.15, 0.2) is 0 Å². The lowest BCUT2D eigenvalue weighted by molar-refractivity contribution is -0.00953. The zero-order chi connectivity index (χ0) is 22.9. The van der Waals surface area contributed by atoms with Crippen LogP contribution in [0.1, 0.15) is 32.8 Å². The molecule has 0 aliphatic carbocycles. The summed E-state index contributed by atoms with van der Waals surface area (Å²) >= 11 is 0. The number of para-hydroxylation sites is 1. The summed E-state index contributed by atoms with van der Waals surface area (Å²) < 4.78 is 13.7. The summed E-state index contributed by atoms with van der Waals surface area (Å²) in [4.78, 5) is 2.25. The second-order valence-corrected chi connectivity index (χ2v) is 8.31. The Morgan fingerprint density at radius 1 is 1.03 bits per heavy atom. The highest BCUT2D eigenvalue weighted by atomic mass is 16.5. The number of aromatic nitrogens is 2.